The molecule has 1 aliphatic heterocycles. The molecule has 0 bridgehead atoms. The summed E-state index contributed by atoms with van der Waals surface area (Å²) in [7, 11) is 0. The van der Waals surface area contributed by atoms with Crippen LogP contribution in [0.15, 0.2) is 24.3 Å². The van der Waals surface area contributed by atoms with Gasteiger partial charge in [0.05, 0.1) is 11.5 Å². The van der Waals surface area contributed by atoms with Gasteiger partial charge in [0.2, 0.25) is 5.91 Å². The summed E-state index contributed by atoms with van der Waals surface area (Å²) in [5.74, 6) is -0.432. The van der Waals surface area contributed by atoms with Crippen LogP contribution >= 0.6 is 0 Å². The molecule has 8 nitrogen and oxygen atoms in total. The van der Waals surface area contributed by atoms with Crippen LogP contribution in [0, 0.1) is 16.0 Å². The van der Waals surface area contributed by atoms with Gasteiger partial charge in [-0.05, 0) is 25.0 Å². The van der Waals surface area contributed by atoms with Gasteiger partial charge in [0, 0.05) is 43.2 Å². The lowest BCUT2D eigenvalue weighted by atomic mass is 9.95. The summed E-state index contributed by atoms with van der Waals surface area (Å²) >= 11 is 0. The van der Waals surface area contributed by atoms with Crippen molar-refractivity contribution < 1.29 is 19.6 Å². The molecule has 8 heteroatoms. The number of aliphatic hydroxyl groups excluding tert-OH is 1. The summed E-state index contributed by atoms with van der Waals surface area (Å²) in [6, 6.07) is 5.51. The van der Waals surface area contributed by atoms with Crippen LogP contribution in [0.4, 0.5) is 5.69 Å². The molecule has 1 aromatic carbocycles. The Kier molecular flexibility index (Phi) is 5.64. The maximum absolute atomic E-state index is 12.4. The van der Waals surface area contributed by atoms with Crippen LogP contribution in [-0.2, 0) is 4.79 Å². The molecule has 1 aromatic rings. The summed E-state index contributed by atoms with van der Waals surface area (Å²) in [5, 5.41) is 22.0. The van der Waals surface area contributed by atoms with Crippen molar-refractivity contribution in [2.24, 2.45) is 5.92 Å². The predicted molar refractivity (Wildman–Crippen MR) is 81.8 cm³/mol. The molecule has 0 radical (unpaired) electrons. The van der Waals surface area contributed by atoms with Gasteiger partial charge in [0.15, 0.2) is 0 Å². The lowest BCUT2D eigenvalue weighted by Crippen LogP contribution is -2.43. The molecule has 0 atom stereocenters. The first-order valence-electron chi connectivity index (χ1n) is 7.45. The Morgan fingerprint density at radius 1 is 1.26 bits per heavy atom. The standard InChI is InChI=1S/C15H19N3O5/c19-10-7-16-14(20)11-5-8-17(9-6-11)15(21)12-1-3-13(4-2-12)18(22)23/h1-4,11,19H,5-10H2,(H,16,20). The van der Waals surface area contributed by atoms with E-state index in [4.69, 9.17) is 5.11 Å². The molecule has 2 N–H and O–H groups in total. The number of carbonyl (C=O) groups is 2. The molecular formula is C15H19N3O5. The van der Waals surface area contributed by atoms with Crippen LogP contribution in [0.3, 0.4) is 0 Å². The molecule has 1 aliphatic rings. The predicted octanol–water partition coefficient (Wildman–Crippen LogP) is 0.555. The topological polar surface area (TPSA) is 113 Å². The molecule has 0 aliphatic carbocycles. The highest BCUT2D eigenvalue weighted by atomic mass is 16.6. The van der Waals surface area contributed by atoms with Gasteiger partial charge in [-0.15, -0.1) is 0 Å². The smallest absolute Gasteiger partial charge is 0.269 e. The molecule has 1 fully saturated rings. The van der Waals surface area contributed by atoms with Crippen LogP contribution in [0.2, 0.25) is 0 Å². The lowest BCUT2D eigenvalue weighted by molar-refractivity contribution is -0.384. The van der Waals surface area contributed by atoms with E-state index in [2.05, 4.69) is 5.32 Å². The van der Waals surface area contributed by atoms with Crippen molar-refractivity contribution in [1.82, 2.24) is 10.2 Å². The van der Waals surface area contributed by atoms with Gasteiger partial charge >= 0.3 is 0 Å². The minimum absolute atomic E-state index is 0.0548. The number of nitro groups is 1. The molecule has 1 saturated heterocycles. The number of likely N-dealkylation sites (tertiary alicyclic amines) is 1. The fraction of sp³-hybridized carbons (Fsp3) is 0.467. The third kappa shape index (κ3) is 4.26. The Bertz CT molecular complexity index is 579. The number of nitrogens with one attached hydrogen (secondary N) is 1. The molecule has 124 valence electrons. The van der Waals surface area contributed by atoms with Gasteiger partial charge in [-0.25, -0.2) is 0 Å². The monoisotopic (exact) mass is 321 g/mol. The second-order valence-corrected chi connectivity index (χ2v) is 5.39. The molecule has 1 heterocycles. The number of hydrogen-bond acceptors (Lipinski definition) is 5. The summed E-state index contributed by atoms with van der Waals surface area (Å²) < 4.78 is 0. The number of benzene rings is 1. The van der Waals surface area contributed by atoms with Crippen LogP contribution in [0.5, 0.6) is 0 Å². The Labute approximate surface area is 133 Å². The molecule has 2 amide bonds. The summed E-state index contributed by atoms with van der Waals surface area (Å²) in [5.41, 5.74) is 0.347. The van der Waals surface area contributed by atoms with E-state index in [1.165, 1.54) is 24.3 Å². The van der Waals surface area contributed by atoms with Gasteiger partial charge in [-0.1, -0.05) is 0 Å². The van der Waals surface area contributed by atoms with Crippen LogP contribution in [-0.4, -0.2) is 53.0 Å². The zero-order valence-electron chi connectivity index (χ0n) is 12.6. The first-order valence-corrected chi connectivity index (χ1v) is 7.45. The van der Waals surface area contributed by atoms with Crippen LogP contribution in [0.25, 0.3) is 0 Å². The summed E-state index contributed by atoms with van der Waals surface area (Å²) in [6.07, 6.45) is 1.13. The van der Waals surface area contributed by atoms with Crippen molar-refractivity contribution in [2.45, 2.75) is 12.8 Å². The molecule has 23 heavy (non-hydrogen) atoms. The zero-order chi connectivity index (χ0) is 16.8. The minimum atomic E-state index is -0.509. The fourth-order valence-electron chi connectivity index (χ4n) is 2.58. The molecule has 0 aromatic heterocycles. The van der Waals surface area contributed by atoms with Crippen LogP contribution < -0.4 is 5.32 Å². The first-order chi connectivity index (χ1) is 11.0. The number of piperidine rings is 1. The number of hydrogen-bond donors (Lipinski definition) is 2. The Morgan fingerprint density at radius 2 is 1.87 bits per heavy atom. The van der Waals surface area contributed by atoms with E-state index in [0.717, 1.165) is 0 Å². The van der Waals surface area contributed by atoms with Gasteiger partial charge < -0.3 is 15.3 Å². The van der Waals surface area contributed by atoms with E-state index >= 15 is 0 Å². The van der Waals surface area contributed by atoms with Gasteiger partial charge in [-0.3, -0.25) is 19.7 Å². The third-order valence-corrected chi connectivity index (χ3v) is 3.89. The number of nitrogens with zero attached hydrogens (tertiary/aromatic N) is 2. The fourth-order valence-corrected chi connectivity index (χ4v) is 2.58. The van der Waals surface area contributed by atoms with E-state index in [1.807, 2.05) is 0 Å². The van der Waals surface area contributed by atoms with Gasteiger partial charge in [-0.2, -0.15) is 0 Å². The van der Waals surface area contributed by atoms with Crippen molar-refractivity contribution >= 4 is 17.5 Å². The molecule has 0 saturated carbocycles. The van der Waals surface area contributed by atoms with Crippen LogP contribution in [0.1, 0.15) is 23.2 Å². The molecular weight excluding hydrogens is 302 g/mol. The zero-order valence-corrected chi connectivity index (χ0v) is 12.6. The van der Waals surface area contributed by atoms with Gasteiger partial charge in [0.25, 0.3) is 11.6 Å². The number of amides is 2. The van der Waals surface area contributed by atoms with Gasteiger partial charge in [0.1, 0.15) is 0 Å². The Balaban J connectivity index is 1.90. The van der Waals surface area contributed by atoms with Crippen molar-refractivity contribution in [3.8, 4) is 0 Å². The molecule has 2 rings (SSSR count). The Hall–Kier alpha value is -2.48. The number of nitro benzene ring substituents is 1. The second-order valence-electron chi connectivity index (χ2n) is 5.39. The number of non-ortho nitro benzene ring substituents is 1. The maximum Gasteiger partial charge on any atom is 0.269 e. The first kappa shape index (κ1) is 16.9. The average molecular weight is 321 g/mol. The number of aliphatic hydroxyl groups is 1. The van der Waals surface area contributed by atoms with Crippen molar-refractivity contribution in [1.29, 1.82) is 0 Å². The number of carbonyl (C=O) groups excluding carboxylic acids is 2. The highest BCUT2D eigenvalue weighted by Gasteiger charge is 2.27. The highest BCUT2D eigenvalue weighted by Crippen LogP contribution is 2.20. The SMILES string of the molecule is O=C(NCCO)C1CCN(C(=O)c2ccc([N+](=O)[O-])cc2)CC1. The Morgan fingerprint density at radius 3 is 2.39 bits per heavy atom. The third-order valence-electron chi connectivity index (χ3n) is 3.89. The second kappa shape index (κ2) is 7.68. The van der Waals surface area contributed by atoms with E-state index < -0.39 is 4.92 Å². The highest BCUT2D eigenvalue weighted by molar-refractivity contribution is 5.94. The largest absolute Gasteiger partial charge is 0.395 e. The van der Waals surface area contributed by atoms with Crippen molar-refractivity contribution in [3.63, 3.8) is 0 Å². The molecule has 0 spiro atoms. The minimum Gasteiger partial charge on any atom is -0.395 e. The lowest BCUT2D eigenvalue weighted by Gasteiger charge is -2.31. The van der Waals surface area contributed by atoms with E-state index in [1.54, 1.807) is 4.90 Å². The maximum atomic E-state index is 12.4. The quantitative estimate of drug-likeness (QED) is 0.607. The average Bonchev–Trinajstić information content (AvgIpc) is 2.59. The summed E-state index contributed by atoms with van der Waals surface area (Å²) in [6.45, 7) is 1.07. The summed E-state index contributed by atoms with van der Waals surface area (Å²) in [4.78, 5) is 35.9. The molecule has 0 unspecified atom stereocenters. The number of rotatable bonds is 5. The van der Waals surface area contributed by atoms with E-state index in [9.17, 15) is 19.7 Å². The normalized spacial score (nSPS) is 15.3. The van der Waals surface area contributed by atoms with Crippen molar-refractivity contribution in [2.75, 3.05) is 26.2 Å². The van der Waals surface area contributed by atoms with Crippen molar-refractivity contribution in [3.05, 3.63) is 39.9 Å². The van der Waals surface area contributed by atoms with E-state index in [-0.39, 0.29) is 36.6 Å². The van der Waals surface area contributed by atoms with E-state index in [0.29, 0.717) is 31.5 Å².